The lowest BCUT2D eigenvalue weighted by Gasteiger charge is -2.09. The Labute approximate surface area is 119 Å². The number of nitrogens with zero attached hydrogens (tertiary/aromatic N) is 3. The molecule has 0 N–H and O–H groups in total. The lowest BCUT2D eigenvalue weighted by molar-refractivity contribution is 0.579. The van der Waals surface area contributed by atoms with E-state index >= 15 is 0 Å². The molecule has 2 aromatic rings. The molecule has 2 rings (SSSR count). The van der Waals surface area contributed by atoms with Crippen LogP contribution in [0.25, 0.3) is 0 Å². The summed E-state index contributed by atoms with van der Waals surface area (Å²) in [6.45, 7) is 2.50. The van der Waals surface area contributed by atoms with Crippen LogP contribution in [-0.4, -0.2) is 35.4 Å². The largest absolute Gasteiger partial charge is 0.251 e. The second-order valence-corrected chi connectivity index (χ2v) is 7.38. The van der Waals surface area contributed by atoms with Crippen molar-refractivity contribution in [1.82, 2.24) is 15.0 Å². The topological polar surface area (TPSA) is 64.8 Å². The van der Waals surface area contributed by atoms with Gasteiger partial charge in [-0.25, -0.2) is 8.42 Å². The highest BCUT2D eigenvalue weighted by Crippen LogP contribution is 2.18. The van der Waals surface area contributed by atoms with Gasteiger partial charge in [-0.15, -0.1) is 5.10 Å². The van der Waals surface area contributed by atoms with Crippen LogP contribution in [-0.2, 0) is 22.8 Å². The Morgan fingerprint density at radius 1 is 1.25 bits per heavy atom. The molecule has 1 atom stereocenters. The summed E-state index contributed by atoms with van der Waals surface area (Å²) in [6.07, 6.45) is 3.84. The summed E-state index contributed by atoms with van der Waals surface area (Å²) in [5, 5.41) is 8.07. The molecule has 1 unspecified atom stereocenters. The van der Waals surface area contributed by atoms with Gasteiger partial charge < -0.3 is 0 Å². The van der Waals surface area contributed by atoms with Gasteiger partial charge in [0.1, 0.15) is 9.84 Å². The minimum absolute atomic E-state index is 0.0873. The van der Waals surface area contributed by atoms with Gasteiger partial charge in [-0.2, -0.15) is 0 Å². The molecular formula is C14H19N3O2S. The SMILES string of the molecule is CC(Cc1cn(CCS(C)(=O)=O)nn1)c1ccccc1. The lowest BCUT2D eigenvalue weighted by atomic mass is 9.97. The van der Waals surface area contributed by atoms with Gasteiger partial charge in [-0.3, -0.25) is 4.68 Å². The second-order valence-electron chi connectivity index (χ2n) is 5.12. The molecule has 0 saturated heterocycles. The highest BCUT2D eigenvalue weighted by molar-refractivity contribution is 7.90. The molecule has 5 nitrogen and oxygen atoms in total. The highest BCUT2D eigenvalue weighted by atomic mass is 32.2. The van der Waals surface area contributed by atoms with Crippen LogP contribution in [0.4, 0.5) is 0 Å². The average molecular weight is 293 g/mol. The molecular weight excluding hydrogens is 274 g/mol. The zero-order valence-electron chi connectivity index (χ0n) is 11.7. The zero-order valence-corrected chi connectivity index (χ0v) is 12.5. The number of hydrogen-bond acceptors (Lipinski definition) is 4. The van der Waals surface area contributed by atoms with Crippen LogP contribution < -0.4 is 0 Å². The van der Waals surface area contributed by atoms with Gasteiger partial charge in [-0.05, 0) is 17.9 Å². The summed E-state index contributed by atoms with van der Waals surface area (Å²) in [7, 11) is -2.97. The molecule has 0 radical (unpaired) electrons. The van der Waals surface area contributed by atoms with Gasteiger partial charge in [0.25, 0.3) is 0 Å². The first-order valence-corrected chi connectivity index (χ1v) is 8.62. The van der Waals surface area contributed by atoms with Crippen LogP contribution in [0.2, 0.25) is 0 Å². The van der Waals surface area contributed by atoms with E-state index < -0.39 is 9.84 Å². The quantitative estimate of drug-likeness (QED) is 0.812. The van der Waals surface area contributed by atoms with Crippen molar-refractivity contribution in [2.75, 3.05) is 12.0 Å². The molecule has 1 aromatic carbocycles. The standard InChI is InChI=1S/C14H19N3O2S/c1-12(13-6-4-3-5-7-13)10-14-11-17(16-15-14)8-9-20(2,18)19/h3-7,11-12H,8-10H2,1-2H3. The first-order valence-electron chi connectivity index (χ1n) is 6.56. The summed E-state index contributed by atoms with van der Waals surface area (Å²) in [4.78, 5) is 0. The first kappa shape index (κ1) is 14.7. The van der Waals surface area contributed by atoms with E-state index in [1.807, 2.05) is 24.4 Å². The van der Waals surface area contributed by atoms with E-state index in [9.17, 15) is 8.42 Å². The van der Waals surface area contributed by atoms with Gasteiger partial charge in [0, 0.05) is 12.5 Å². The number of aryl methyl sites for hydroxylation is 1. The van der Waals surface area contributed by atoms with E-state index in [1.165, 1.54) is 11.8 Å². The minimum atomic E-state index is -2.97. The fourth-order valence-electron chi connectivity index (χ4n) is 2.01. The fourth-order valence-corrected chi connectivity index (χ4v) is 2.53. The van der Waals surface area contributed by atoms with Crippen molar-refractivity contribution in [2.24, 2.45) is 0 Å². The number of sulfone groups is 1. The maximum Gasteiger partial charge on any atom is 0.149 e. The molecule has 1 aromatic heterocycles. The summed E-state index contributed by atoms with van der Waals surface area (Å²) in [6, 6.07) is 10.2. The van der Waals surface area contributed by atoms with Crippen molar-refractivity contribution in [3.63, 3.8) is 0 Å². The Kier molecular flexibility index (Phi) is 4.54. The van der Waals surface area contributed by atoms with Crippen LogP contribution in [0.5, 0.6) is 0 Å². The Balaban J connectivity index is 1.96. The molecule has 0 spiro atoms. The molecule has 0 bridgehead atoms. The van der Waals surface area contributed by atoms with Crippen LogP contribution in [0.3, 0.4) is 0 Å². The molecule has 6 heteroatoms. The van der Waals surface area contributed by atoms with Crippen molar-refractivity contribution in [2.45, 2.75) is 25.8 Å². The first-order chi connectivity index (χ1) is 9.44. The maximum atomic E-state index is 11.1. The van der Waals surface area contributed by atoms with Gasteiger partial charge in [0.05, 0.1) is 18.0 Å². The Morgan fingerprint density at radius 2 is 1.95 bits per heavy atom. The van der Waals surface area contributed by atoms with E-state index in [-0.39, 0.29) is 5.75 Å². The van der Waals surface area contributed by atoms with Crippen molar-refractivity contribution in [3.05, 3.63) is 47.8 Å². The highest BCUT2D eigenvalue weighted by Gasteiger charge is 2.10. The molecule has 20 heavy (non-hydrogen) atoms. The van der Waals surface area contributed by atoms with Crippen molar-refractivity contribution < 1.29 is 8.42 Å². The molecule has 0 aliphatic rings. The molecule has 0 aliphatic heterocycles. The average Bonchev–Trinajstić information content (AvgIpc) is 2.84. The molecule has 1 heterocycles. The molecule has 0 amide bonds. The van der Waals surface area contributed by atoms with Crippen molar-refractivity contribution in [1.29, 1.82) is 0 Å². The van der Waals surface area contributed by atoms with E-state index in [0.717, 1.165) is 12.1 Å². The molecule has 0 aliphatic carbocycles. The predicted molar refractivity (Wildman–Crippen MR) is 78.3 cm³/mol. The van der Waals surface area contributed by atoms with E-state index in [0.29, 0.717) is 12.5 Å². The number of hydrogen-bond donors (Lipinski definition) is 0. The maximum absolute atomic E-state index is 11.1. The number of benzene rings is 1. The lowest BCUT2D eigenvalue weighted by Crippen LogP contribution is -2.11. The smallest absolute Gasteiger partial charge is 0.149 e. The van der Waals surface area contributed by atoms with Gasteiger partial charge in [0.15, 0.2) is 0 Å². The van der Waals surface area contributed by atoms with E-state index in [4.69, 9.17) is 0 Å². The normalized spacial score (nSPS) is 13.3. The van der Waals surface area contributed by atoms with E-state index in [1.54, 1.807) is 4.68 Å². The zero-order chi connectivity index (χ0) is 14.6. The van der Waals surface area contributed by atoms with Crippen LogP contribution >= 0.6 is 0 Å². The monoisotopic (exact) mass is 293 g/mol. The van der Waals surface area contributed by atoms with Gasteiger partial charge >= 0.3 is 0 Å². The Hall–Kier alpha value is -1.69. The third-order valence-electron chi connectivity index (χ3n) is 3.16. The second kappa shape index (κ2) is 6.17. The number of rotatable bonds is 6. The predicted octanol–water partition coefficient (Wildman–Crippen LogP) is 1.67. The van der Waals surface area contributed by atoms with Gasteiger partial charge in [0.2, 0.25) is 0 Å². The van der Waals surface area contributed by atoms with Crippen LogP contribution in [0.15, 0.2) is 36.5 Å². The van der Waals surface area contributed by atoms with Crippen LogP contribution in [0.1, 0.15) is 24.1 Å². The third kappa shape index (κ3) is 4.45. The fraction of sp³-hybridized carbons (Fsp3) is 0.429. The van der Waals surface area contributed by atoms with Crippen LogP contribution in [0, 0.1) is 0 Å². The Morgan fingerprint density at radius 3 is 2.60 bits per heavy atom. The molecule has 0 fully saturated rings. The third-order valence-corrected chi connectivity index (χ3v) is 4.09. The Bertz CT molecular complexity index is 650. The van der Waals surface area contributed by atoms with Gasteiger partial charge in [-0.1, -0.05) is 42.5 Å². The summed E-state index contributed by atoms with van der Waals surface area (Å²) in [5.74, 6) is 0.445. The summed E-state index contributed by atoms with van der Waals surface area (Å²) < 4.78 is 23.8. The molecule has 0 saturated carbocycles. The molecule has 108 valence electrons. The van der Waals surface area contributed by atoms with E-state index in [2.05, 4.69) is 29.4 Å². The number of aromatic nitrogens is 3. The van der Waals surface area contributed by atoms with Crippen molar-refractivity contribution in [3.8, 4) is 0 Å². The summed E-state index contributed by atoms with van der Waals surface area (Å²) >= 11 is 0. The summed E-state index contributed by atoms with van der Waals surface area (Å²) in [5.41, 5.74) is 2.15. The minimum Gasteiger partial charge on any atom is -0.251 e. The van der Waals surface area contributed by atoms with Crippen molar-refractivity contribution >= 4 is 9.84 Å².